The van der Waals surface area contributed by atoms with Crippen molar-refractivity contribution in [3.8, 4) is 12.3 Å². The number of terminal acetylenes is 1. The molecule has 152 valence electrons. The van der Waals surface area contributed by atoms with E-state index in [1.807, 2.05) is 13.0 Å². The van der Waals surface area contributed by atoms with Crippen molar-refractivity contribution in [2.24, 2.45) is 17.8 Å². The average Bonchev–Trinajstić information content (AvgIpc) is 2.70. The highest BCUT2D eigenvalue weighted by atomic mass is 16.5. The second-order valence-electron chi connectivity index (χ2n) is 8.10. The quantitative estimate of drug-likeness (QED) is 0.398. The van der Waals surface area contributed by atoms with Crippen LogP contribution >= 0.6 is 0 Å². The zero-order chi connectivity index (χ0) is 20.1. The first-order valence-electron chi connectivity index (χ1n) is 10.2. The molecule has 0 saturated heterocycles. The van der Waals surface area contributed by atoms with Gasteiger partial charge in [0.25, 0.3) is 0 Å². The van der Waals surface area contributed by atoms with Crippen LogP contribution in [0.1, 0.15) is 45.4 Å². The normalized spacial score (nSPS) is 35.6. The molecule has 1 heterocycles. The van der Waals surface area contributed by atoms with Gasteiger partial charge in [-0.1, -0.05) is 24.0 Å². The average molecular weight is 386 g/mol. The molecule has 0 aromatic carbocycles. The van der Waals surface area contributed by atoms with E-state index in [0.29, 0.717) is 5.92 Å². The number of fused-ring (bicyclic) bond motifs is 1. The highest BCUT2D eigenvalue weighted by molar-refractivity contribution is 5.93. The number of allylic oxidation sites excluding steroid dienone is 2. The van der Waals surface area contributed by atoms with E-state index in [2.05, 4.69) is 5.92 Å². The van der Waals surface area contributed by atoms with E-state index < -0.39 is 12.0 Å². The summed E-state index contributed by atoms with van der Waals surface area (Å²) in [5.41, 5.74) is 0.980. The van der Waals surface area contributed by atoms with E-state index in [4.69, 9.17) is 20.6 Å². The summed E-state index contributed by atoms with van der Waals surface area (Å²) in [4.78, 5) is 25.1. The number of ether oxygens (including phenoxy) is 3. The number of esters is 1. The molecule has 6 atom stereocenters. The molecule has 0 aromatic heterocycles. The van der Waals surface area contributed by atoms with Crippen LogP contribution in [0.5, 0.6) is 0 Å². The Balaban J connectivity index is 1.76. The summed E-state index contributed by atoms with van der Waals surface area (Å²) < 4.78 is 16.9. The van der Waals surface area contributed by atoms with Crippen LogP contribution in [0.15, 0.2) is 23.8 Å². The van der Waals surface area contributed by atoms with E-state index in [0.717, 1.165) is 44.1 Å². The van der Waals surface area contributed by atoms with Gasteiger partial charge in [-0.05, 0) is 51.0 Å². The third-order valence-corrected chi connectivity index (χ3v) is 6.34. The van der Waals surface area contributed by atoms with Crippen molar-refractivity contribution in [1.29, 1.82) is 0 Å². The van der Waals surface area contributed by atoms with Gasteiger partial charge in [0, 0.05) is 19.1 Å². The maximum atomic E-state index is 13.2. The molecule has 6 unspecified atom stereocenters. The first kappa shape index (κ1) is 20.8. The molecule has 0 radical (unpaired) electrons. The summed E-state index contributed by atoms with van der Waals surface area (Å²) in [6, 6.07) is 0. The van der Waals surface area contributed by atoms with Crippen molar-refractivity contribution in [3.63, 3.8) is 0 Å². The van der Waals surface area contributed by atoms with Crippen molar-refractivity contribution >= 4 is 11.8 Å². The van der Waals surface area contributed by atoms with Gasteiger partial charge in [0.15, 0.2) is 5.78 Å². The fraction of sp³-hybridized carbons (Fsp3) is 0.652. The standard InChI is InChI=1S/C23H30O5/c1-4-12-27-20-11-9-18-15(2)13-21(25)28-23(18)22(20)19(24)10-8-16-6-5-7-17(14-16)26-3/h1,8,10,13,16-18,20,22-23H,5-7,9,11-12,14H2,2-3H3/b10-8+. The topological polar surface area (TPSA) is 61.8 Å². The fourth-order valence-electron chi connectivity index (χ4n) is 4.85. The van der Waals surface area contributed by atoms with E-state index >= 15 is 0 Å². The predicted octanol–water partition coefficient (Wildman–Crippen LogP) is 3.23. The Bertz CT molecular complexity index is 686. The molecule has 0 bridgehead atoms. The second kappa shape index (κ2) is 9.54. The third-order valence-electron chi connectivity index (χ3n) is 6.34. The molecule has 3 aliphatic rings. The molecule has 2 aliphatic carbocycles. The lowest BCUT2D eigenvalue weighted by atomic mass is 9.71. The Morgan fingerprint density at radius 3 is 2.93 bits per heavy atom. The van der Waals surface area contributed by atoms with Gasteiger partial charge in [0.1, 0.15) is 12.7 Å². The lowest BCUT2D eigenvalue weighted by Gasteiger charge is -2.43. The summed E-state index contributed by atoms with van der Waals surface area (Å²) in [5.74, 6) is 1.94. The fourth-order valence-corrected chi connectivity index (χ4v) is 4.85. The van der Waals surface area contributed by atoms with Crippen molar-refractivity contribution < 1.29 is 23.8 Å². The number of rotatable bonds is 6. The molecule has 5 heteroatoms. The molecular weight excluding hydrogens is 356 g/mol. The summed E-state index contributed by atoms with van der Waals surface area (Å²) in [7, 11) is 1.74. The van der Waals surface area contributed by atoms with Gasteiger partial charge in [-0.15, -0.1) is 6.42 Å². The van der Waals surface area contributed by atoms with Gasteiger partial charge < -0.3 is 14.2 Å². The molecule has 28 heavy (non-hydrogen) atoms. The number of ketones is 1. The lowest BCUT2D eigenvalue weighted by Crippen LogP contribution is -2.50. The van der Waals surface area contributed by atoms with Gasteiger partial charge in [0.2, 0.25) is 0 Å². The Morgan fingerprint density at radius 1 is 1.36 bits per heavy atom. The monoisotopic (exact) mass is 386 g/mol. The summed E-state index contributed by atoms with van der Waals surface area (Å²) in [5, 5.41) is 0. The SMILES string of the molecule is C#CCOC1CCC2C(C)=CC(=O)OC2C1C(=O)/C=C/C1CCCC(OC)C1. The van der Waals surface area contributed by atoms with Gasteiger partial charge >= 0.3 is 5.97 Å². The van der Waals surface area contributed by atoms with Gasteiger partial charge in [-0.2, -0.15) is 0 Å². The molecule has 0 aromatic rings. The van der Waals surface area contributed by atoms with Crippen LogP contribution in [-0.2, 0) is 23.8 Å². The largest absolute Gasteiger partial charge is 0.458 e. The predicted molar refractivity (Wildman–Crippen MR) is 105 cm³/mol. The lowest BCUT2D eigenvalue weighted by molar-refractivity contribution is -0.163. The van der Waals surface area contributed by atoms with Crippen LogP contribution in [0, 0.1) is 30.1 Å². The number of methoxy groups -OCH3 is 1. The zero-order valence-electron chi connectivity index (χ0n) is 16.8. The van der Waals surface area contributed by atoms with Gasteiger partial charge in [-0.25, -0.2) is 4.79 Å². The molecule has 0 N–H and O–H groups in total. The van der Waals surface area contributed by atoms with E-state index in [9.17, 15) is 9.59 Å². The van der Waals surface area contributed by atoms with E-state index in [-0.39, 0.29) is 36.5 Å². The summed E-state index contributed by atoms with van der Waals surface area (Å²) in [6.07, 6.45) is 15.7. The molecule has 2 saturated carbocycles. The second-order valence-corrected chi connectivity index (χ2v) is 8.10. The molecule has 0 amide bonds. The first-order chi connectivity index (χ1) is 13.5. The van der Waals surface area contributed by atoms with Gasteiger partial charge in [0.05, 0.1) is 18.1 Å². The minimum Gasteiger partial charge on any atom is -0.458 e. The molecule has 0 spiro atoms. The van der Waals surface area contributed by atoms with Crippen LogP contribution in [0.25, 0.3) is 0 Å². The number of carbonyl (C=O) groups is 2. The molecule has 1 aliphatic heterocycles. The number of hydrogen-bond acceptors (Lipinski definition) is 5. The number of hydrogen-bond donors (Lipinski definition) is 0. The maximum absolute atomic E-state index is 13.2. The van der Waals surface area contributed by atoms with Crippen molar-refractivity contribution in [3.05, 3.63) is 23.8 Å². The van der Waals surface area contributed by atoms with E-state index in [1.165, 1.54) is 6.08 Å². The van der Waals surface area contributed by atoms with E-state index in [1.54, 1.807) is 13.2 Å². The minimum atomic E-state index is -0.516. The van der Waals surface area contributed by atoms with Crippen LogP contribution in [0.2, 0.25) is 0 Å². The molecule has 5 nitrogen and oxygen atoms in total. The summed E-state index contributed by atoms with van der Waals surface area (Å²) in [6.45, 7) is 2.08. The smallest absolute Gasteiger partial charge is 0.331 e. The minimum absolute atomic E-state index is 0.0428. The maximum Gasteiger partial charge on any atom is 0.331 e. The molecule has 2 fully saturated rings. The Morgan fingerprint density at radius 2 is 2.18 bits per heavy atom. The highest BCUT2D eigenvalue weighted by Gasteiger charge is 2.47. The molecule has 3 rings (SSSR count). The third kappa shape index (κ3) is 4.74. The Labute approximate surface area is 167 Å². The van der Waals surface area contributed by atoms with Crippen molar-refractivity contribution in [1.82, 2.24) is 0 Å². The van der Waals surface area contributed by atoms with Crippen LogP contribution < -0.4 is 0 Å². The van der Waals surface area contributed by atoms with Crippen LogP contribution in [-0.4, -0.2) is 43.8 Å². The Hall–Kier alpha value is -1.90. The van der Waals surface area contributed by atoms with Crippen molar-refractivity contribution in [2.45, 2.75) is 63.8 Å². The van der Waals surface area contributed by atoms with Gasteiger partial charge in [-0.3, -0.25) is 4.79 Å². The van der Waals surface area contributed by atoms with Crippen LogP contribution in [0.3, 0.4) is 0 Å². The van der Waals surface area contributed by atoms with Crippen molar-refractivity contribution in [2.75, 3.05) is 13.7 Å². The molecular formula is C23H30O5. The highest BCUT2D eigenvalue weighted by Crippen LogP contribution is 2.40. The van der Waals surface area contributed by atoms with Crippen LogP contribution in [0.4, 0.5) is 0 Å². The Kier molecular flexibility index (Phi) is 7.09. The summed E-state index contributed by atoms with van der Waals surface area (Å²) >= 11 is 0. The number of carbonyl (C=O) groups excluding carboxylic acids is 2. The first-order valence-corrected chi connectivity index (χ1v) is 10.2. The zero-order valence-corrected chi connectivity index (χ0v) is 16.8.